The Hall–Kier alpha value is -3.33. The van der Waals surface area contributed by atoms with Crippen LogP contribution in [-0.2, 0) is 0 Å². The van der Waals surface area contributed by atoms with Crippen molar-refractivity contribution in [3.8, 4) is 11.1 Å². The molecule has 3 aromatic carbocycles. The summed E-state index contributed by atoms with van der Waals surface area (Å²) in [5, 5.41) is 8.11. The zero-order valence-corrected chi connectivity index (χ0v) is 13.2. The molecule has 24 heavy (non-hydrogen) atoms. The molecular weight excluding hydrogens is 294 g/mol. The minimum atomic E-state index is 0.171. The van der Waals surface area contributed by atoms with Crippen molar-refractivity contribution < 1.29 is 0 Å². The number of nitrogens with zero attached hydrogens (tertiary/aromatic N) is 2. The predicted octanol–water partition coefficient (Wildman–Crippen LogP) is 4.83. The number of rotatable bonds is 3. The lowest BCUT2D eigenvalue weighted by molar-refractivity contribution is 1.40. The monoisotopic (exact) mass is 311 g/mol. The van der Waals surface area contributed by atoms with Gasteiger partial charge in [-0.15, -0.1) is 0 Å². The summed E-state index contributed by atoms with van der Waals surface area (Å²) >= 11 is 0. The van der Waals surface area contributed by atoms with E-state index in [0.29, 0.717) is 5.84 Å². The predicted molar refractivity (Wildman–Crippen MR) is 101 cm³/mol. The van der Waals surface area contributed by atoms with E-state index < -0.39 is 0 Å². The second-order valence-corrected chi connectivity index (χ2v) is 5.25. The molecule has 3 rings (SSSR count). The molecule has 0 saturated carbocycles. The summed E-state index contributed by atoms with van der Waals surface area (Å²) in [5.41, 5.74) is 3.87. The van der Waals surface area contributed by atoms with E-state index in [1.165, 1.54) is 0 Å². The summed E-state index contributed by atoms with van der Waals surface area (Å²) < 4.78 is 0. The normalized spacial score (nSPS) is 11.1. The summed E-state index contributed by atoms with van der Waals surface area (Å²) in [7, 11) is 0. The molecule has 0 aliphatic rings. The Morgan fingerprint density at radius 3 is 1.79 bits per heavy atom. The van der Waals surface area contributed by atoms with Crippen molar-refractivity contribution in [2.45, 2.75) is 0 Å². The van der Waals surface area contributed by atoms with E-state index in [1.54, 1.807) is 0 Å². The van der Waals surface area contributed by atoms with Crippen molar-refractivity contribution in [3.63, 3.8) is 0 Å². The highest BCUT2D eigenvalue weighted by Crippen LogP contribution is 2.19. The van der Waals surface area contributed by atoms with Crippen LogP contribution in [0, 0.1) is 5.41 Å². The summed E-state index contributed by atoms with van der Waals surface area (Å²) in [4.78, 5) is 8.29. The van der Waals surface area contributed by atoms with Crippen LogP contribution in [0.3, 0.4) is 0 Å². The average molecular weight is 311 g/mol. The molecule has 0 amide bonds. The molecule has 3 aromatic rings. The van der Waals surface area contributed by atoms with E-state index in [0.717, 1.165) is 22.3 Å². The summed E-state index contributed by atoms with van der Waals surface area (Å²) in [6.45, 7) is 3.59. The van der Waals surface area contributed by atoms with Crippen LogP contribution in [0.5, 0.6) is 0 Å². The highest BCUT2D eigenvalue weighted by molar-refractivity contribution is 6.11. The summed E-state index contributed by atoms with van der Waals surface area (Å²) in [6.07, 6.45) is 0. The van der Waals surface area contributed by atoms with Crippen molar-refractivity contribution in [2.24, 2.45) is 9.98 Å². The number of benzene rings is 3. The minimum Gasteiger partial charge on any atom is -0.282 e. The van der Waals surface area contributed by atoms with Crippen LogP contribution in [-0.4, -0.2) is 18.4 Å². The van der Waals surface area contributed by atoms with Gasteiger partial charge in [0, 0.05) is 11.1 Å². The van der Waals surface area contributed by atoms with E-state index in [2.05, 4.69) is 28.8 Å². The van der Waals surface area contributed by atoms with Crippen molar-refractivity contribution in [1.29, 1.82) is 5.41 Å². The van der Waals surface area contributed by atoms with Crippen LogP contribution in [0.1, 0.15) is 11.1 Å². The second-order valence-electron chi connectivity index (χ2n) is 5.25. The Balaban J connectivity index is 1.87. The van der Waals surface area contributed by atoms with Crippen molar-refractivity contribution in [2.75, 3.05) is 0 Å². The molecule has 0 atom stereocenters. The van der Waals surface area contributed by atoms with Crippen LogP contribution >= 0.6 is 0 Å². The standard InChI is InChI=1S/C21H17N3/c1-23-21(24-20(22)18-10-6-3-7-11-18)19-14-12-17(13-15-19)16-8-4-2-5-9-16/h2-15,22H,1H2. The molecule has 0 aromatic heterocycles. The number of amidine groups is 2. The van der Waals surface area contributed by atoms with Gasteiger partial charge in [-0.3, -0.25) is 5.41 Å². The number of hydrogen-bond acceptors (Lipinski definition) is 1. The zero-order valence-electron chi connectivity index (χ0n) is 13.2. The Morgan fingerprint density at radius 1 is 0.667 bits per heavy atom. The fourth-order valence-corrected chi connectivity index (χ4v) is 2.40. The molecule has 0 heterocycles. The number of aliphatic imine (C=N–C) groups is 2. The van der Waals surface area contributed by atoms with Gasteiger partial charge in [-0.2, -0.15) is 0 Å². The SMILES string of the molecule is C=NC(=NC(=N)c1ccccc1)c1ccc(-c2ccccc2)cc1. The van der Waals surface area contributed by atoms with Gasteiger partial charge in [-0.05, 0) is 17.8 Å². The van der Waals surface area contributed by atoms with Crippen LogP contribution in [0.25, 0.3) is 11.1 Å². The molecular formula is C21H17N3. The average Bonchev–Trinajstić information content (AvgIpc) is 2.67. The molecule has 0 saturated heterocycles. The highest BCUT2D eigenvalue weighted by Gasteiger charge is 2.05. The second kappa shape index (κ2) is 7.29. The van der Waals surface area contributed by atoms with Gasteiger partial charge >= 0.3 is 0 Å². The van der Waals surface area contributed by atoms with Gasteiger partial charge in [-0.25, -0.2) is 9.98 Å². The van der Waals surface area contributed by atoms with E-state index in [4.69, 9.17) is 5.41 Å². The van der Waals surface area contributed by atoms with Gasteiger partial charge in [0.25, 0.3) is 0 Å². The summed E-state index contributed by atoms with van der Waals surface area (Å²) in [6, 6.07) is 27.5. The fraction of sp³-hybridized carbons (Fsp3) is 0. The molecule has 0 radical (unpaired) electrons. The quantitative estimate of drug-likeness (QED) is 0.532. The third-order valence-electron chi connectivity index (χ3n) is 3.66. The Bertz CT molecular complexity index is 864. The van der Waals surface area contributed by atoms with E-state index in [9.17, 15) is 0 Å². The fourth-order valence-electron chi connectivity index (χ4n) is 2.40. The van der Waals surface area contributed by atoms with E-state index in [1.807, 2.05) is 72.8 Å². The molecule has 3 heteroatoms. The lowest BCUT2D eigenvalue weighted by Crippen LogP contribution is -2.03. The van der Waals surface area contributed by atoms with Crippen LogP contribution in [0.2, 0.25) is 0 Å². The van der Waals surface area contributed by atoms with Gasteiger partial charge in [0.1, 0.15) is 0 Å². The minimum absolute atomic E-state index is 0.171. The molecule has 0 unspecified atom stereocenters. The maximum atomic E-state index is 8.11. The first-order valence-electron chi connectivity index (χ1n) is 7.63. The topological polar surface area (TPSA) is 48.6 Å². The van der Waals surface area contributed by atoms with Crippen molar-refractivity contribution in [1.82, 2.24) is 0 Å². The van der Waals surface area contributed by atoms with Crippen LogP contribution in [0.4, 0.5) is 0 Å². The van der Waals surface area contributed by atoms with Crippen LogP contribution in [0.15, 0.2) is 94.9 Å². The lowest BCUT2D eigenvalue weighted by atomic mass is 10.0. The maximum absolute atomic E-state index is 8.11. The molecule has 0 aliphatic heterocycles. The molecule has 116 valence electrons. The molecule has 0 bridgehead atoms. The van der Waals surface area contributed by atoms with E-state index in [-0.39, 0.29) is 5.84 Å². The smallest absolute Gasteiger partial charge is 0.161 e. The van der Waals surface area contributed by atoms with Crippen LogP contribution < -0.4 is 0 Å². The molecule has 0 fully saturated rings. The Labute approximate surface area is 141 Å². The first-order valence-corrected chi connectivity index (χ1v) is 7.63. The summed E-state index contributed by atoms with van der Waals surface area (Å²) in [5.74, 6) is 0.619. The third-order valence-corrected chi connectivity index (χ3v) is 3.66. The molecule has 0 spiro atoms. The van der Waals surface area contributed by atoms with E-state index >= 15 is 0 Å². The van der Waals surface area contributed by atoms with Gasteiger partial charge in [0.15, 0.2) is 11.7 Å². The molecule has 3 nitrogen and oxygen atoms in total. The van der Waals surface area contributed by atoms with Gasteiger partial charge < -0.3 is 0 Å². The Morgan fingerprint density at radius 2 is 1.21 bits per heavy atom. The van der Waals surface area contributed by atoms with Gasteiger partial charge in [-0.1, -0.05) is 84.9 Å². The lowest BCUT2D eigenvalue weighted by Gasteiger charge is -2.05. The van der Waals surface area contributed by atoms with Crippen molar-refractivity contribution >= 4 is 18.4 Å². The molecule has 0 aliphatic carbocycles. The largest absolute Gasteiger partial charge is 0.282 e. The first kappa shape index (κ1) is 15.6. The maximum Gasteiger partial charge on any atom is 0.161 e. The number of nitrogens with one attached hydrogen (secondary N) is 1. The first-order chi connectivity index (χ1) is 11.8. The van der Waals surface area contributed by atoms with Gasteiger partial charge in [0.2, 0.25) is 0 Å². The van der Waals surface area contributed by atoms with Gasteiger partial charge in [0.05, 0.1) is 0 Å². The highest BCUT2D eigenvalue weighted by atomic mass is 14.9. The number of hydrogen-bond donors (Lipinski definition) is 1. The third kappa shape index (κ3) is 3.52. The Kier molecular flexibility index (Phi) is 4.73. The zero-order chi connectivity index (χ0) is 16.8. The van der Waals surface area contributed by atoms with Crippen molar-refractivity contribution in [3.05, 3.63) is 96.1 Å². The molecule has 1 N–H and O–H groups in total.